The molecule has 0 radical (unpaired) electrons. The van der Waals surface area contributed by atoms with E-state index in [1.165, 1.54) is 103 Å². The van der Waals surface area contributed by atoms with Crippen molar-refractivity contribution in [2.24, 2.45) is 0 Å². The number of ether oxygens (including phenoxy) is 4. The summed E-state index contributed by atoms with van der Waals surface area (Å²) < 4.78 is 22.6. The van der Waals surface area contributed by atoms with Crippen molar-refractivity contribution in [2.45, 2.75) is 219 Å². The summed E-state index contributed by atoms with van der Waals surface area (Å²) in [6.45, 7) is 4.72. The first-order chi connectivity index (χ1) is 28.6. The van der Waals surface area contributed by atoms with Crippen molar-refractivity contribution in [1.82, 2.24) is 0 Å². The van der Waals surface area contributed by atoms with Gasteiger partial charge in [-0.2, -0.15) is 0 Å². The first-order valence-corrected chi connectivity index (χ1v) is 24.1. The minimum absolute atomic E-state index is 0.145. The maximum Gasteiger partial charge on any atom is 0.306 e. The van der Waals surface area contributed by atoms with Crippen molar-refractivity contribution in [3.8, 4) is 0 Å². The zero-order chi connectivity index (χ0) is 43.5. The van der Waals surface area contributed by atoms with Crippen LogP contribution in [0, 0.1) is 0 Å². The lowest BCUT2D eigenvalue weighted by atomic mass is 10.0. The number of carbonyl (C=O) groups is 3. The average Bonchev–Trinajstić information content (AvgIpc) is 3.19. The van der Waals surface area contributed by atoms with Crippen molar-refractivity contribution in [1.29, 1.82) is 0 Å². The normalized spacial score (nSPS) is 13.2. The fourth-order valence-electron chi connectivity index (χ4n) is 6.60. The number of rotatable bonds is 44. The van der Waals surface area contributed by atoms with Crippen LogP contribution >= 0.6 is 0 Å². The number of allylic oxidation sites excluding steroid dienone is 6. The molecule has 0 N–H and O–H groups in total. The molecule has 0 aromatic heterocycles. The maximum absolute atomic E-state index is 12.8. The lowest BCUT2D eigenvalue weighted by Crippen LogP contribution is -2.44. The van der Waals surface area contributed by atoms with Crippen LogP contribution in [0.25, 0.3) is 0 Å². The Labute approximate surface area is 362 Å². The predicted octanol–water partition coefficient (Wildman–Crippen LogP) is 11.7. The molecule has 59 heavy (non-hydrogen) atoms. The minimum Gasteiger partial charge on any atom is -0.545 e. The minimum atomic E-state index is -1.62. The number of hydrogen-bond donors (Lipinski definition) is 0. The molecule has 0 heterocycles. The number of likely N-dealkylation sites (N-methyl/N-ethyl adjacent to an activating group) is 1. The van der Waals surface area contributed by atoms with Gasteiger partial charge in [-0.1, -0.05) is 179 Å². The zero-order valence-corrected chi connectivity index (χ0v) is 38.9. The number of unbranched alkanes of at least 4 members (excludes halogenated alkanes) is 23. The SMILES string of the molecule is CCCCCCC/C=C\C/C=C\C/C=C\CCCCCCCCC(=O)OC(COC(=O)CCCCCCCCCCCCCCC)COC(OCC[N+](C)(C)C)C(=O)[O-]. The standard InChI is InChI=1S/C50H91NO8/c1-6-8-10-12-14-16-18-20-21-22-23-24-25-26-27-29-31-33-35-37-39-41-48(53)59-46(45-58-50(49(54)55)56-43-42-51(3,4)5)44-57-47(52)40-38-36-34-32-30-28-19-17-15-13-11-9-7-2/h18,20,22-23,25-26,46,50H,6-17,19,21,24,27-45H2,1-5H3/b20-18-,23-22-,26-25-. The molecule has 9 heteroatoms. The summed E-state index contributed by atoms with van der Waals surface area (Å²) in [4.78, 5) is 37.0. The van der Waals surface area contributed by atoms with E-state index in [1.54, 1.807) is 0 Å². The molecular formula is C50H91NO8. The van der Waals surface area contributed by atoms with Crippen LogP contribution in [0.5, 0.6) is 0 Å². The van der Waals surface area contributed by atoms with Gasteiger partial charge in [0.15, 0.2) is 12.4 Å². The largest absolute Gasteiger partial charge is 0.545 e. The number of nitrogens with zero attached hydrogens (tertiary/aromatic N) is 1. The van der Waals surface area contributed by atoms with Crippen LogP contribution < -0.4 is 5.11 Å². The smallest absolute Gasteiger partial charge is 0.306 e. The molecule has 0 aliphatic rings. The van der Waals surface area contributed by atoms with Gasteiger partial charge in [0, 0.05) is 12.8 Å². The highest BCUT2D eigenvalue weighted by molar-refractivity contribution is 5.70. The molecule has 2 atom stereocenters. The van der Waals surface area contributed by atoms with E-state index < -0.39 is 24.3 Å². The van der Waals surface area contributed by atoms with E-state index in [0.717, 1.165) is 70.6 Å². The molecule has 0 fully saturated rings. The number of carboxylic acid groups (broad SMARTS) is 1. The molecular weight excluding hydrogens is 743 g/mol. The van der Waals surface area contributed by atoms with Gasteiger partial charge in [-0.25, -0.2) is 0 Å². The molecule has 0 aliphatic carbocycles. The third-order valence-electron chi connectivity index (χ3n) is 10.4. The Balaban J connectivity index is 4.40. The number of carboxylic acids is 1. The van der Waals surface area contributed by atoms with Crippen molar-refractivity contribution in [2.75, 3.05) is 47.5 Å². The van der Waals surface area contributed by atoms with Gasteiger partial charge >= 0.3 is 11.9 Å². The highest BCUT2D eigenvalue weighted by Gasteiger charge is 2.21. The van der Waals surface area contributed by atoms with Gasteiger partial charge in [-0.15, -0.1) is 0 Å². The Morgan fingerprint density at radius 1 is 0.508 bits per heavy atom. The number of aliphatic carboxylic acids is 1. The first kappa shape index (κ1) is 56.5. The van der Waals surface area contributed by atoms with Gasteiger partial charge in [0.2, 0.25) is 0 Å². The summed E-state index contributed by atoms with van der Waals surface area (Å²) in [5.41, 5.74) is 0. The van der Waals surface area contributed by atoms with E-state index >= 15 is 0 Å². The Morgan fingerprint density at radius 2 is 0.915 bits per heavy atom. The van der Waals surface area contributed by atoms with Crippen LogP contribution in [0.15, 0.2) is 36.5 Å². The molecule has 0 aromatic rings. The van der Waals surface area contributed by atoms with E-state index in [0.29, 0.717) is 23.9 Å². The number of esters is 2. The van der Waals surface area contributed by atoms with Gasteiger partial charge < -0.3 is 33.3 Å². The number of quaternary nitrogens is 1. The topological polar surface area (TPSA) is 111 Å². The highest BCUT2D eigenvalue weighted by Crippen LogP contribution is 2.15. The van der Waals surface area contributed by atoms with Crippen LogP contribution in [0.2, 0.25) is 0 Å². The van der Waals surface area contributed by atoms with Crippen LogP contribution in [0.3, 0.4) is 0 Å². The molecule has 9 nitrogen and oxygen atoms in total. The lowest BCUT2D eigenvalue weighted by Gasteiger charge is -2.26. The second-order valence-corrected chi connectivity index (χ2v) is 17.4. The fraction of sp³-hybridized carbons (Fsp3) is 0.820. The second-order valence-electron chi connectivity index (χ2n) is 17.4. The van der Waals surface area contributed by atoms with Gasteiger partial charge in [-0.3, -0.25) is 9.59 Å². The Bertz CT molecular complexity index is 1070. The molecule has 0 aromatic carbocycles. The molecule has 0 spiro atoms. The van der Waals surface area contributed by atoms with Crippen molar-refractivity contribution in [3.05, 3.63) is 36.5 Å². The number of carbonyl (C=O) groups excluding carboxylic acids is 3. The molecule has 0 aliphatic heterocycles. The van der Waals surface area contributed by atoms with Gasteiger partial charge in [0.05, 0.1) is 40.3 Å². The summed E-state index contributed by atoms with van der Waals surface area (Å²) >= 11 is 0. The molecule has 0 saturated carbocycles. The monoisotopic (exact) mass is 834 g/mol. The summed E-state index contributed by atoms with van der Waals surface area (Å²) in [5, 5.41) is 11.7. The molecule has 0 bridgehead atoms. The van der Waals surface area contributed by atoms with Gasteiger partial charge in [-0.05, 0) is 51.4 Å². The molecule has 2 unspecified atom stereocenters. The molecule has 0 saturated heterocycles. The molecule has 0 rings (SSSR count). The van der Waals surface area contributed by atoms with Crippen LogP contribution in [-0.4, -0.2) is 82.3 Å². The summed E-state index contributed by atoms with van der Waals surface area (Å²) in [7, 11) is 5.91. The van der Waals surface area contributed by atoms with Crippen molar-refractivity contribution in [3.63, 3.8) is 0 Å². The molecule has 0 amide bonds. The quantitative estimate of drug-likeness (QED) is 0.0196. The maximum atomic E-state index is 12.8. The van der Waals surface area contributed by atoms with Crippen molar-refractivity contribution >= 4 is 17.9 Å². The highest BCUT2D eigenvalue weighted by atomic mass is 16.7. The predicted molar refractivity (Wildman–Crippen MR) is 242 cm³/mol. The van der Waals surface area contributed by atoms with Gasteiger partial charge in [0.25, 0.3) is 0 Å². The third-order valence-corrected chi connectivity index (χ3v) is 10.4. The van der Waals surface area contributed by atoms with Crippen LogP contribution in [0.4, 0.5) is 0 Å². The van der Waals surface area contributed by atoms with E-state index in [4.69, 9.17) is 18.9 Å². The summed E-state index contributed by atoms with van der Waals surface area (Å²) in [6, 6.07) is 0. The fourth-order valence-corrected chi connectivity index (χ4v) is 6.60. The first-order valence-electron chi connectivity index (χ1n) is 24.1. The zero-order valence-electron chi connectivity index (χ0n) is 38.9. The van der Waals surface area contributed by atoms with E-state index in [1.807, 2.05) is 21.1 Å². The summed E-state index contributed by atoms with van der Waals surface area (Å²) in [5.74, 6) is -2.30. The Hall–Kier alpha value is -2.49. The lowest BCUT2D eigenvalue weighted by molar-refractivity contribution is -0.870. The second kappa shape index (κ2) is 42.2. The third kappa shape index (κ3) is 43.4. The van der Waals surface area contributed by atoms with E-state index in [-0.39, 0.29) is 32.2 Å². The summed E-state index contributed by atoms with van der Waals surface area (Å²) in [6.07, 6.45) is 44.5. The van der Waals surface area contributed by atoms with Gasteiger partial charge in [0.1, 0.15) is 13.2 Å². The van der Waals surface area contributed by atoms with E-state index in [2.05, 4.69) is 50.3 Å². The average molecular weight is 834 g/mol. The number of hydrogen-bond acceptors (Lipinski definition) is 8. The van der Waals surface area contributed by atoms with Crippen LogP contribution in [-0.2, 0) is 33.3 Å². The Morgan fingerprint density at radius 3 is 1.36 bits per heavy atom. The van der Waals surface area contributed by atoms with E-state index in [9.17, 15) is 19.5 Å². The molecule has 344 valence electrons. The Kier molecular flexibility index (Phi) is 40.4. The van der Waals surface area contributed by atoms with Crippen molar-refractivity contribution < 1.29 is 42.9 Å². The van der Waals surface area contributed by atoms with Crippen LogP contribution in [0.1, 0.15) is 206 Å².